The Bertz CT molecular complexity index is 1280. The van der Waals surface area contributed by atoms with E-state index in [0.29, 0.717) is 18.4 Å². The van der Waals surface area contributed by atoms with Crippen LogP contribution in [-0.4, -0.2) is 22.5 Å². The van der Waals surface area contributed by atoms with E-state index in [1.807, 2.05) is 58.0 Å². The second-order valence-corrected chi connectivity index (χ2v) is 10.1. The van der Waals surface area contributed by atoms with Crippen LogP contribution in [-0.2, 0) is 4.79 Å². The van der Waals surface area contributed by atoms with E-state index in [4.69, 9.17) is 11.6 Å². The van der Waals surface area contributed by atoms with Gasteiger partial charge < -0.3 is 15.7 Å². The summed E-state index contributed by atoms with van der Waals surface area (Å²) in [7, 11) is 0. The molecule has 5 nitrogen and oxygen atoms in total. The molecular formula is C29H31ClN2O3. The molecule has 4 rings (SSSR count). The molecule has 0 aromatic heterocycles. The molecule has 6 heteroatoms. The normalized spacial score (nSPS) is 14.8. The number of carbonyl (C=O) groups is 2. The molecule has 1 aliphatic carbocycles. The Morgan fingerprint density at radius 2 is 1.51 bits per heavy atom. The van der Waals surface area contributed by atoms with Crippen molar-refractivity contribution in [2.75, 3.05) is 5.32 Å². The monoisotopic (exact) mass is 490 g/mol. The molecule has 0 saturated heterocycles. The number of aliphatic carboxylic acids is 1. The van der Waals surface area contributed by atoms with E-state index in [9.17, 15) is 14.7 Å². The van der Waals surface area contributed by atoms with Gasteiger partial charge in [0.2, 0.25) is 0 Å². The highest BCUT2D eigenvalue weighted by molar-refractivity contribution is 6.32. The Kier molecular flexibility index (Phi) is 6.65. The summed E-state index contributed by atoms with van der Waals surface area (Å²) in [6.45, 7) is 9.95. The molecule has 0 aliphatic heterocycles. The van der Waals surface area contributed by atoms with Gasteiger partial charge in [-0.25, -0.2) is 4.79 Å². The number of hydrogen-bond acceptors (Lipinski definition) is 3. The van der Waals surface area contributed by atoms with E-state index < -0.39 is 11.5 Å². The maximum Gasteiger partial charge on any atom is 0.329 e. The molecule has 182 valence electrons. The van der Waals surface area contributed by atoms with E-state index in [1.165, 1.54) is 5.56 Å². The Morgan fingerprint density at radius 1 is 0.914 bits per heavy atom. The predicted octanol–water partition coefficient (Wildman–Crippen LogP) is 6.76. The molecule has 1 fully saturated rings. The van der Waals surface area contributed by atoms with Gasteiger partial charge in [0.05, 0.1) is 0 Å². The van der Waals surface area contributed by atoms with Crippen LogP contribution in [0, 0.1) is 27.7 Å². The van der Waals surface area contributed by atoms with Crippen molar-refractivity contribution < 1.29 is 14.7 Å². The minimum Gasteiger partial charge on any atom is -0.480 e. The van der Waals surface area contributed by atoms with E-state index >= 15 is 0 Å². The SMILES string of the molecule is Cc1cc(C(C)Nc2cccc(-c3cc(C)c(C(=O)NC4(C(=O)O)CC4)c(C)c3)c2)cc(C)c1Cl. The van der Waals surface area contributed by atoms with Gasteiger partial charge in [-0.15, -0.1) is 0 Å². The van der Waals surface area contributed by atoms with E-state index in [-0.39, 0.29) is 11.9 Å². The highest BCUT2D eigenvalue weighted by Gasteiger charge is 2.51. The third-order valence-corrected chi connectivity index (χ3v) is 7.41. The standard InChI is InChI=1S/C29H31ClN2O3/c1-16-11-23(12-17(2)25(16)27(33)32-29(9-10-29)28(34)35)21-7-6-8-24(15-21)31-20(5)22-13-18(3)26(30)19(4)14-22/h6-8,11-15,20,31H,9-10H2,1-5H3,(H,32,33)(H,34,35). The first-order chi connectivity index (χ1) is 16.5. The van der Waals surface area contributed by atoms with Crippen molar-refractivity contribution >= 4 is 29.2 Å². The third kappa shape index (κ3) is 5.06. The quantitative estimate of drug-likeness (QED) is 0.342. The second kappa shape index (κ2) is 9.38. The number of benzene rings is 3. The maximum absolute atomic E-state index is 12.9. The van der Waals surface area contributed by atoms with Crippen molar-refractivity contribution in [3.8, 4) is 11.1 Å². The number of amides is 1. The van der Waals surface area contributed by atoms with Gasteiger partial charge in [0, 0.05) is 22.3 Å². The summed E-state index contributed by atoms with van der Waals surface area (Å²) < 4.78 is 0. The Labute approximate surface area is 211 Å². The van der Waals surface area contributed by atoms with Gasteiger partial charge in [-0.05, 0) is 98.5 Å². The molecule has 3 aromatic rings. The lowest BCUT2D eigenvalue weighted by Gasteiger charge is -2.19. The smallest absolute Gasteiger partial charge is 0.329 e. The van der Waals surface area contributed by atoms with Gasteiger partial charge in [0.15, 0.2) is 0 Å². The fourth-order valence-electron chi connectivity index (χ4n) is 4.64. The van der Waals surface area contributed by atoms with Gasteiger partial charge in [-0.3, -0.25) is 4.79 Å². The molecule has 0 spiro atoms. The Balaban J connectivity index is 1.56. The molecule has 1 aliphatic rings. The summed E-state index contributed by atoms with van der Waals surface area (Å²) in [4.78, 5) is 24.4. The minimum atomic E-state index is -1.10. The number of aryl methyl sites for hydroxylation is 4. The first-order valence-electron chi connectivity index (χ1n) is 11.8. The van der Waals surface area contributed by atoms with Crippen LogP contribution < -0.4 is 10.6 Å². The largest absolute Gasteiger partial charge is 0.480 e. The summed E-state index contributed by atoms with van der Waals surface area (Å²) in [5, 5.41) is 16.5. The highest BCUT2D eigenvalue weighted by atomic mass is 35.5. The van der Waals surface area contributed by atoms with Crippen LogP contribution in [0.1, 0.15) is 64.0 Å². The number of carboxylic acid groups (broad SMARTS) is 1. The first kappa shape index (κ1) is 24.8. The lowest BCUT2D eigenvalue weighted by molar-refractivity contribution is -0.140. The van der Waals surface area contributed by atoms with Crippen LogP contribution in [0.2, 0.25) is 5.02 Å². The summed E-state index contributed by atoms with van der Waals surface area (Å²) in [6, 6.07) is 16.5. The van der Waals surface area contributed by atoms with E-state index in [2.05, 4.69) is 35.8 Å². The Morgan fingerprint density at radius 3 is 2.06 bits per heavy atom. The van der Waals surface area contributed by atoms with Crippen LogP contribution in [0.4, 0.5) is 5.69 Å². The van der Waals surface area contributed by atoms with Crippen LogP contribution in [0.5, 0.6) is 0 Å². The van der Waals surface area contributed by atoms with Crippen LogP contribution >= 0.6 is 11.6 Å². The number of hydrogen-bond donors (Lipinski definition) is 3. The number of carbonyl (C=O) groups excluding carboxylic acids is 1. The van der Waals surface area contributed by atoms with Gasteiger partial charge in [-0.1, -0.05) is 48.0 Å². The zero-order chi connectivity index (χ0) is 25.5. The molecule has 0 radical (unpaired) electrons. The summed E-state index contributed by atoms with van der Waals surface area (Å²) in [6.07, 6.45) is 0.940. The van der Waals surface area contributed by atoms with Crippen molar-refractivity contribution in [2.24, 2.45) is 0 Å². The van der Waals surface area contributed by atoms with Crippen molar-refractivity contribution in [1.29, 1.82) is 0 Å². The molecule has 1 saturated carbocycles. The number of anilines is 1. The van der Waals surface area contributed by atoms with E-state index in [0.717, 1.165) is 44.1 Å². The first-order valence-corrected chi connectivity index (χ1v) is 12.2. The van der Waals surface area contributed by atoms with Crippen molar-refractivity contribution in [1.82, 2.24) is 5.32 Å². The molecule has 3 aromatic carbocycles. The molecule has 1 amide bonds. The van der Waals surface area contributed by atoms with Crippen molar-refractivity contribution in [3.63, 3.8) is 0 Å². The highest BCUT2D eigenvalue weighted by Crippen LogP contribution is 2.36. The van der Waals surface area contributed by atoms with Gasteiger partial charge >= 0.3 is 5.97 Å². The van der Waals surface area contributed by atoms with Crippen molar-refractivity contribution in [2.45, 2.75) is 59.0 Å². The number of rotatable bonds is 7. The number of carboxylic acids is 1. The zero-order valence-corrected chi connectivity index (χ0v) is 21.5. The Hall–Kier alpha value is -3.31. The molecule has 35 heavy (non-hydrogen) atoms. The van der Waals surface area contributed by atoms with Crippen molar-refractivity contribution in [3.05, 3.63) is 86.9 Å². The van der Waals surface area contributed by atoms with Gasteiger partial charge in [0.25, 0.3) is 5.91 Å². The van der Waals surface area contributed by atoms with Gasteiger partial charge in [0.1, 0.15) is 5.54 Å². The lowest BCUT2D eigenvalue weighted by atomic mass is 9.94. The third-order valence-electron chi connectivity index (χ3n) is 6.81. The van der Waals surface area contributed by atoms with Gasteiger partial charge in [-0.2, -0.15) is 0 Å². The zero-order valence-electron chi connectivity index (χ0n) is 20.8. The van der Waals surface area contributed by atoms with Crippen LogP contribution in [0.15, 0.2) is 48.5 Å². The average molecular weight is 491 g/mol. The molecular weight excluding hydrogens is 460 g/mol. The molecule has 1 unspecified atom stereocenters. The number of nitrogens with one attached hydrogen (secondary N) is 2. The minimum absolute atomic E-state index is 0.0958. The fourth-order valence-corrected chi connectivity index (χ4v) is 4.75. The average Bonchev–Trinajstić information content (AvgIpc) is 3.57. The summed E-state index contributed by atoms with van der Waals surface area (Å²) in [5.74, 6) is -1.30. The summed E-state index contributed by atoms with van der Waals surface area (Å²) in [5.41, 5.74) is 7.41. The summed E-state index contributed by atoms with van der Waals surface area (Å²) >= 11 is 6.34. The predicted molar refractivity (Wildman–Crippen MR) is 141 cm³/mol. The molecule has 0 heterocycles. The molecule has 3 N–H and O–H groups in total. The number of halogens is 1. The topological polar surface area (TPSA) is 78.4 Å². The molecule has 1 atom stereocenters. The van der Waals surface area contributed by atoms with Crippen LogP contribution in [0.3, 0.4) is 0 Å². The maximum atomic E-state index is 12.9. The van der Waals surface area contributed by atoms with Crippen LogP contribution in [0.25, 0.3) is 11.1 Å². The fraction of sp³-hybridized carbons (Fsp3) is 0.310. The van der Waals surface area contributed by atoms with E-state index in [1.54, 1.807) is 0 Å². The molecule has 0 bridgehead atoms. The second-order valence-electron chi connectivity index (χ2n) is 9.74. The lowest BCUT2D eigenvalue weighted by Crippen LogP contribution is -2.43.